The van der Waals surface area contributed by atoms with Crippen molar-refractivity contribution in [3.8, 4) is 0 Å². The molecule has 0 aliphatic carbocycles. The summed E-state index contributed by atoms with van der Waals surface area (Å²) in [6, 6.07) is 1.54. The van der Waals surface area contributed by atoms with Crippen molar-refractivity contribution in [2.75, 3.05) is 44.2 Å². The SMILES string of the molecule is CCCCCCNC(=O)C1CCCN(C(=O)c2sccc2S(=O)(=O)N2CCSCC2)C1. The number of piperidine rings is 1. The molecule has 1 N–H and O–H groups in total. The number of unbranched alkanes of at least 4 members (excludes halogenated alkanes) is 3. The van der Waals surface area contributed by atoms with E-state index in [1.54, 1.807) is 28.1 Å². The number of carbonyl (C=O) groups excluding carboxylic acids is 2. The minimum atomic E-state index is -3.68. The highest BCUT2D eigenvalue weighted by molar-refractivity contribution is 7.99. The number of thioether (sulfide) groups is 1. The third-order valence-electron chi connectivity index (χ3n) is 5.82. The zero-order chi connectivity index (χ0) is 22.3. The van der Waals surface area contributed by atoms with E-state index in [4.69, 9.17) is 0 Å². The van der Waals surface area contributed by atoms with Gasteiger partial charge in [0.05, 0.1) is 5.92 Å². The normalized spacial score (nSPS) is 20.5. The Labute approximate surface area is 194 Å². The number of rotatable bonds is 9. The number of hydrogen-bond donors (Lipinski definition) is 1. The topological polar surface area (TPSA) is 86.8 Å². The second kappa shape index (κ2) is 11.7. The summed E-state index contributed by atoms with van der Waals surface area (Å²) in [7, 11) is -3.68. The Bertz CT molecular complexity index is 850. The smallest absolute Gasteiger partial charge is 0.265 e. The molecule has 7 nitrogen and oxygen atoms in total. The summed E-state index contributed by atoms with van der Waals surface area (Å²) in [6.45, 7) is 4.67. The minimum absolute atomic E-state index is 0.00107. The van der Waals surface area contributed by atoms with Crippen LogP contribution in [0.5, 0.6) is 0 Å². The van der Waals surface area contributed by atoms with Crippen LogP contribution in [0.15, 0.2) is 16.3 Å². The lowest BCUT2D eigenvalue weighted by Crippen LogP contribution is -2.46. The molecule has 1 atom stereocenters. The third-order valence-corrected chi connectivity index (χ3v) is 9.74. The van der Waals surface area contributed by atoms with Crippen LogP contribution in [0.3, 0.4) is 0 Å². The van der Waals surface area contributed by atoms with Crippen molar-refractivity contribution >= 4 is 44.9 Å². The van der Waals surface area contributed by atoms with Crippen LogP contribution in [-0.2, 0) is 14.8 Å². The van der Waals surface area contributed by atoms with E-state index in [1.165, 1.54) is 22.1 Å². The van der Waals surface area contributed by atoms with Crippen LogP contribution in [0.4, 0.5) is 0 Å². The molecule has 2 aliphatic rings. The van der Waals surface area contributed by atoms with Crippen molar-refractivity contribution in [2.45, 2.75) is 50.3 Å². The number of nitrogens with zero attached hydrogens (tertiary/aromatic N) is 2. The molecule has 0 bridgehead atoms. The average Bonchev–Trinajstić information content (AvgIpc) is 3.30. The Morgan fingerprint density at radius 1 is 1.16 bits per heavy atom. The predicted octanol–water partition coefficient (Wildman–Crippen LogP) is 3.03. The summed E-state index contributed by atoms with van der Waals surface area (Å²) in [5, 5.41) is 4.68. The molecule has 10 heteroatoms. The highest BCUT2D eigenvalue weighted by atomic mass is 32.2. The van der Waals surface area contributed by atoms with Gasteiger partial charge in [-0.05, 0) is 30.7 Å². The van der Waals surface area contributed by atoms with Crippen molar-refractivity contribution in [1.29, 1.82) is 0 Å². The molecular weight excluding hydrogens is 454 g/mol. The molecule has 3 rings (SSSR count). The zero-order valence-electron chi connectivity index (χ0n) is 18.2. The van der Waals surface area contributed by atoms with Crippen LogP contribution in [0, 0.1) is 5.92 Å². The van der Waals surface area contributed by atoms with Crippen LogP contribution in [0.25, 0.3) is 0 Å². The lowest BCUT2D eigenvalue weighted by Gasteiger charge is -2.32. The number of nitrogens with one attached hydrogen (secondary N) is 1. The maximum absolute atomic E-state index is 13.2. The number of thiophene rings is 1. The van der Waals surface area contributed by atoms with E-state index in [0.29, 0.717) is 32.7 Å². The molecule has 0 aromatic carbocycles. The van der Waals surface area contributed by atoms with E-state index in [1.807, 2.05) is 0 Å². The molecule has 2 saturated heterocycles. The minimum Gasteiger partial charge on any atom is -0.356 e. The Kier molecular flexibility index (Phi) is 9.24. The number of hydrogen-bond acceptors (Lipinski definition) is 6. The van der Waals surface area contributed by atoms with Crippen LogP contribution in [0.2, 0.25) is 0 Å². The van der Waals surface area contributed by atoms with Crippen molar-refractivity contribution < 1.29 is 18.0 Å². The maximum Gasteiger partial charge on any atom is 0.265 e. The molecule has 1 unspecified atom stereocenters. The molecule has 3 heterocycles. The third kappa shape index (κ3) is 6.24. The number of carbonyl (C=O) groups is 2. The first-order chi connectivity index (χ1) is 14.9. The average molecular weight is 488 g/mol. The van der Waals surface area contributed by atoms with E-state index in [9.17, 15) is 18.0 Å². The van der Waals surface area contributed by atoms with Gasteiger partial charge in [0.15, 0.2) is 0 Å². The van der Waals surface area contributed by atoms with E-state index in [-0.39, 0.29) is 27.5 Å². The fourth-order valence-electron chi connectivity index (χ4n) is 4.01. The molecular formula is C21H33N3O4S3. The fraction of sp³-hybridized carbons (Fsp3) is 0.714. The standard InChI is InChI=1S/C21H33N3O4S3/c1-2-3-4-5-9-22-20(25)17-7-6-10-23(16-17)21(26)19-18(8-13-30-19)31(27,28)24-11-14-29-15-12-24/h8,13,17H,2-7,9-12,14-16H2,1H3,(H,22,25). The molecule has 2 amide bonds. The van der Waals surface area contributed by atoms with Gasteiger partial charge in [-0.3, -0.25) is 9.59 Å². The summed E-state index contributed by atoms with van der Waals surface area (Å²) < 4.78 is 27.7. The maximum atomic E-state index is 13.2. The van der Waals surface area contributed by atoms with Crippen LogP contribution < -0.4 is 5.32 Å². The first kappa shape index (κ1) is 24.5. The fourth-order valence-corrected chi connectivity index (χ4v) is 7.95. The Morgan fingerprint density at radius 3 is 2.68 bits per heavy atom. The molecule has 2 aliphatic heterocycles. The first-order valence-corrected chi connectivity index (χ1v) is 14.6. The predicted molar refractivity (Wildman–Crippen MR) is 126 cm³/mol. The van der Waals surface area contributed by atoms with Gasteiger partial charge in [-0.15, -0.1) is 11.3 Å². The van der Waals surface area contributed by atoms with Gasteiger partial charge >= 0.3 is 0 Å². The molecule has 2 fully saturated rings. The molecule has 174 valence electrons. The zero-order valence-corrected chi connectivity index (χ0v) is 20.6. The van der Waals surface area contributed by atoms with Crippen molar-refractivity contribution in [3.63, 3.8) is 0 Å². The van der Waals surface area contributed by atoms with Gasteiger partial charge in [0, 0.05) is 44.2 Å². The van der Waals surface area contributed by atoms with E-state index in [2.05, 4.69) is 12.2 Å². The molecule has 1 aromatic rings. The van der Waals surface area contributed by atoms with Crippen molar-refractivity contribution in [2.24, 2.45) is 5.92 Å². The van der Waals surface area contributed by atoms with Crippen LogP contribution in [0.1, 0.15) is 55.1 Å². The van der Waals surface area contributed by atoms with Gasteiger partial charge < -0.3 is 10.2 Å². The van der Waals surface area contributed by atoms with Gasteiger partial charge in [-0.25, -0.2) is 8.42 Å². The quantitative estimate of drug-likeness (QED) is 0.541. The first-order valence-electron chi connectivity index (χ1n) is 11.2. The Morgan fingerprint density at radius 2 is 1.94 bits per heavy atom. The van der Waals surface area contributed by atoms with Crippen LogP contribution >= 0.6 is 23.1 Å². The van der Waals surface area contributed by atoms with E-state index in [0.717, 1.165) is 43.6 Å². The molecule has 0 saturated carbocycles. The van der Waals surface area contributed by atoms with Gasteiger partial charge in [-0.2, -0.15) is 16.1 Å². The summed E-state index contributed by atoms with van der Waals surface area (Å²) >= 11 is 2.91. The summed E-state index contributed by atoms with van der Waals surface area (Å²) in [6.07, 6.45) is 5.91. The Balaban J connectivity index is 1.63. The molecule has 0 spiro atoms. The lowest BCUT2D eigenvalue weighted by molar-refractivity contribution is -0.126. The second-order valence-electron chi connectivity index (χ2n) is 8.07. The number of amides is 2. The van der Waals surface area contributed by atoms with Crippen LogP contribution in [-0.4, -0.2) is 73.7 Å². The molecule has 1 aromatic heterocycles. The second-order valence-corrected chi connectivity index (χ2v) is 12.1. The van der Waals surface area contributed by atoms with E-state index >= 15 is 0 Å². The monoisotopic (exact) mass is 487 g/mol. The van der Waals surface area contributed by atoms with Gasteiger partial charge in [-0.1, -0.05) is 26.2 Å². The summed E-state index contributed by atoms with van der Waals surface area (Å²) in [4.78, 5) is 27.8. The highest BCUT2D eigenvalue weighted by Gasteiger charge is 2.35. The number of likely N-dealkylation sites (tertiary alicyclic amines) is 1. The number of sulfonamides is 1. The summed E-state index contributed by atoms with van der Waals surface area (Å²) in [5.41, 5.74) is 0. The summed E-state index contributed by atoms with van der Waals surface area (Å²) in [5.74, 6) is 1.03. The Hall–Kier alpha value is -1.10. The molecule has 31 heavy (non-hydrogen) atoms. The van der Waals surface area contributed by atoms with Gasteiger partial charge in [0.25, 0.3) is 5.91 Å². The molecule has 0 radical (unpaired) electrons. The van der Waals surface area contributed by atoms with Gasteiger partial charge in [0.1, 0.15) is 9.77 Å². The van der Waals surface area contributed by atoms with Crippen molar-refractivity contribution in [1.82, 2.24) is 14.5 Å². The largest absolute Gasteiger partial charge is 0.356 e. The lowest BCUT2D eigenvalue weighted by atomic mass is 9.97. The van der Waals surface area contributed by atoms with Crippen molar-refractivity contribution in [3.05, 3.63) is 16.3 Å². The van der Waals surface area contributed by atoms with Gasteiger partial charge in [0.2, 0.25) is 15.9 Å². The van der Waals surface area contributed by atoms with E-state index < -0.39 is 10.0 Å². The highest BCUT2D eigenvalue weighted by Crippen LogP contribution is 2.29.